The van der Waals surface area contributed by atoms with E-state index in [1.54, 1.807) is 18.2 Å². The maximum atomic E-state index is 12.7. The quantitative estimate of drug-likeness (QED) is 0.630. The number of hydrogen-bond donors (Lipinski definition) is 0. The van der Waals surface area contributed by atoms with Crippen molar-refractivity contribution < 1.29 is 18.7 Å². The first kappa shape index (κ1) is 18.2. The first-order valence-electron chi connectivity index (χ1n) is 9.46. The van der Waals surface area contributed by atoms with Gasteiger partial charge in [0.25, 0.3) is 5.91 Å². The number of carbonyl (C=O) groups excluding carboxylic acids is 2. The third kappa shape index (κ3) is 3.62. The lowest BCUT2D eigenvalue weighted by atomic mass is 9.97. The highest BCUT2D eigenvalue weighted by Gasteiger charge is 2.29. The average molecular weight is 382 g/mol. The Hall–Kier alpha value is -3.16. The molecule has 146 valence electrons. The van der Waals surface area contributed by atoms with Gasteiger partial charge in [0.05, 0.1) is 29.9 Å². The molecule has 0 spiro atoms. The number of oxazole rings is 1. The maximum Gasteiger partial charge on any atom is 0.309 e. The summed E-state index contributed by atoms with van der Waals surface area (Å²) in [5.41, 5.74) is 2.17. The van der Waals surface area contributed by atoms with E-state index < -0.39 is 0 Å². The van der Waals surface area contributed by atoms with Gasteiger partial charge in [-0.15, -0.1) is 0 Å². The van der Waals surface area contributed by atoms with Gasteiger partial charge in [0, 0.05) is 13.1 Å². The van der Waals surface area contributed by atoms with Crippen LogP contribution in [0.2, 0.25) is 0 Å². The van der Waals surface area contributed by atoms with Gasteiger partial charge in [-0.25, -0.2) is 9.97 Å². The van der Waals surface area contributed by atoms with E-state index in [4.69, 9.17) is 9.15 Å². The number of amides is 1. The fourth-order valence-corrected chi connectivity index (χ4v) is 3.50. The Morgan fingerprint density at radius 1 is 1.25 bits per heavy atom. The van der Waals surface area contributed by atoms with Crippen molar-refractivity contribution in [1.82, 2.24) is 19.4 Å². The number of rotatable bonds is 5. The fourth-order valence-electron chi connectivity index (χ4n) is 3.50. The molecule has 0 N–H and O–H groups in total. The highest BCUT2D eigenvalue weighted by atomic mass is 16.5. The Bertz CT molecular complexity index is 985. The number of carbonyl (C=O) groups is 2. The molecule has 1 amide bonds. The van der Waals surface area contributed by atoms with Gasteiger partial charge in [-0.1, -0.05) is 12.1 Å². The zero-order valence-electron chi connectivity index (χ0n) is 15.7. The van der Waals surface area contributed by atoms with Gasteiger partial charge >= 0.3 is 5.97 Å². The summed E-state index contributed by atoms with van der Waals surface area (Å²) in [4.78, 5) is 34.9. The Morgan fingerprint density at radius 2 is 2.04 bits per heavy atom. The average Bonchev–Trinajstić information content (AvgIpc) is 3.36. The molecule has 1 aliphatic rings. The van der Waals surface area contributed by atoms with Crippen LogP contribution in [-0.4, -0.2) is 51.0 Å². The van der Waals surface area contributed by atoms with Crippen LogP contribution >= 0.6 is 0 Å². The lowest BCUT2D eigenvalue weighted by Gasteiger charge is -2.30. The van der Waals surface area contributed by atoms with Crippen molar-refractivity contribution in [3.8, 4) is 0 Å². The van der Waals surface area contributed by atoms with Crippen LogP contribution < -0.4 is 0 Å². The Labute approximate surface area is 162 Å². The lowest BCUT2D eigenvalue weighted by molar-refractivity contribution is -0.149. The lowest BCUT2D eigenvalue weighted by Crippen LogP contribution is -2.40. The Balaban J connectivity index is 1.39. The molecule has 1 aromatic carbocycles. The van der Waals surface area contributed by atoms with E-state index in [9.17, 15) is 9.59 Å². The summed E-state index contributed by atoms with van der Waals surface area (Å²) in [5, 5.41) is 0. The van der Waals surface area contributed by atoms with Gasteiger partial charge in [0.1, 0.15) is 12.8 Å². The van der Waals surface area contributed by atoms with Gasteiger partial charge in [-0.3, -0.25) is 9.59 Å². The second kappa shape index (κ2) is 7.84. The van der Waals surface area contributed by atoms with Crippen molar-refractivity contribution in [2.24, 2.45) is 5.92 Å². The number of ether oxygens (including phenoxy) is 1. The molecule has 8 heteroatoms. The number of aromatic nitrogens is 3. The fraction of sp³-hybridized carbons (Fsp3) is 0.400. The number of imidazole rings is 1. The Morgan fingerprint density at radius 3 is 2.82 bits per heavy atom. The van der Waals surface area contributed by atoms with E-state index in [0.717, 1.165) is 11.0 Å². The van der Waals surface area contributed by atoms with Crippen LogP contribution in [0.5, 0.6) is 0 Å². The monoisotopic (exact) mass is 382 g/mol. The summed E-state index contributed by atoms with van der Waals surface area (Å²) in [6.45, 7) is 3.60. The number of hydrogen-bond acceptors (Lipinski definition) is 6. The van der Waals surface area contributed by atoms with E-state index in [0.29, 0.717) is 45.0 Å². The van der Waals surface area contributed by atoms with Crippen molar-refractivity contribution in [1.29, 1.82) is 0 Å². The zero-order chi connectivity index (χ0) is 19.5. The smallest absolute Gasteiger partial charge is 0.309 e. The van der Waals surface area contributed by atoms with Crippen molar-refractivity contribution in [3.63, 3.8) is 0 Å². The molecule has 0 radical (unpaired) electrons. The van der Waals surface area contributed by atoms with Crippen LogP contribution in [0, 0.1) is 5.92 Å². The van der Waals surface area contributed by atoms with Crippen LogP contribution in [0.4, 0.5) is 0 Å². The van der Waals surface area contributed by atoms with E-state index in [-0.39, 0.29) is 23.5 Å². The molecule has 0 saturated carbocycles. The van der Waals surface area contributed by atoms with Crippen molar-refractivity contribution in [3.05, 3.63) is 48.4 Å². The molecular formula is C20H22N4O4. The van der Waals surface area contributed by atoms with Crippen LogP contribution in [-0.2, 0) is 16.1 Å². The third-order valence-electron chi connectivity index (χ3n) is 5.01. The maximum absolute atomic E-state index is 12.7. The highest BCUT2D eigenvalue weighted by Crippen LogP contribution is 2.21. The number of benzene rings is 1. The van der Waals surface area contributed by atoms with Crippen LogP contribution in [0.25, 0.3) is 11.0 Å². The summed E-state index contributed by atoms with van der Waals surface area (Å²) < 4.78 is 12.5. The van der Waals surface area contributed by atoms with Gasteiger partial charge in [-0.05, 0) is 31.9 Å². The number of esters is 1. The first-order chi connectivity index (χ1) is 13.7. The predicted molar refractivity (Wildman–Crippen MR) is 101 cm³/mol. The Kier molecular flexibility index (Phi) is 5.10. The van der Waals surface area contributed by atoms with Gasteiger partial charge in [0.15, 0.2) is 5.69 Å². The second-order valence-electron chi connectivity index (χ2n) is 6.81. The molecular weight excluding hydrogens is 360 g/mol. The number of fused-ring (bicyclic) bond motifs is 1. The minimum absolute atomic E-state index is 0.133. The number of para-hydroxylation sites is 2. The summed E-state index contributed by atoms with van der Waals surface area (Å²) in [6, 6.07) is 7.80. The molecule has 3 heterocycles. The van der Waals surface area contributed by atoms with Crippen LogP contribution in [0.1, 0.15) is 36.1 Å². The van der Waals surface area contributed by atoms with Gasteiger partial charge in [-0.2, -0.15) is 0 Å². The van der Waals surface area contributed by atoms with Gasteiger partial charge in [0.2, 0.25) is 5.89 Å². The number of piperidine rings is 1. The van der Waals surface area contributed by atoms with Gasteiger partial charge < -0.3 is 18.6 Å². The van der Waals surface area contributed by atoms with Crippen molar-refractivity contribution in [2.45, 2.75) is 26.3 Å². The molecule has 0 aliphatic carbocycles. The van der Waals surface area contributed by atoms with E-state index >= 15 is 0 Å². The molecule has 0 unspecified atom stereocenters. The van der Waals surface area contributed by atoms with E-state index in [2.05, 4.69) is 9.97 Å². The highest BCUT2D eigenvalue weighted by molar-refractivity contribution is 5.92. The largest absolute Gasteiger partial charge is 0.466 e. The summed E-state index contributed by atoms with van der Waals surface area (Å²) >= 11 is 0. The number of likely N-dealkylation sites (tertiary alicyclic amines) is 1. The predicted octanol–water partition coefficient (Wildman–Crippen LogP) is 2.49. The summed E-state index contributed by atoms with van der Waals surface area (Å²) in [7, 11) is 0. The normalized spacial score (nSPS) is 15.1. The molecule has 0 bridgehead atoms. The summed E-state index contributed by atoms with van der Waals surface area (Å²) in [6.07, 6.45) is 4.34. The molecule has 1 saturated heterocycles. The second-order valence-corrected chi connectivity index (χ2v) is 6.81. The summed E-state index contributed by atoms with van der Waals surface area (Å²) in [5.74, 6) is -0.0296. The standard InChI is InChI=1S/C20H22N4O4/c1-2-27-20(26)14-7-9-23(10-8-14)19(25)16-12-28-18(22-16)11-24-13-21-15-5-3-4-6-17(15)24/h3-6,12-14H,2,7-11H2,1H3. The minimum atomic E-state index is -0.175. The molecule has 3 aromatic rings. The molecule has 1 aliphatic heterocycles. The van der Waals surface area contributed by atoms with Crippen LogP contribution in [0.3, 0.4) is 0 Å². The van der Waals surface area contributed by atoms with E-state index in [1.807, 2.05) is 28.8 Å². The first-order valence-corrected chi connectivity index (χ1v) is 9.46. The molecule has 0 atom stereocenters. The van der Waals surface area contributed by atoms with E-state index in [1.165, 1.54) is 6.26 Å². The molecule has 1 fully saturated rings. The molecule has 8 nitrogen and oxygen atoms in total. The molecule has 2 aromatic heterocycles. The SMILES string of the molecule is CCOC(=O)C1CCN(C(=O)c2coc(Cn3cnc4ccccc43)n2)CC1. The minimum Gasteiger partial charge on any atom is -0.466 e. The van der Waals surface area contributed by atoms with Crippen molar-refractivity contribution in [2.75, 3.05) is 19.7 Å². The molecule has 4 rings (SSSR count). The van der Waals surface area contributed by atoms with Crippen LogP contribution in [0.15, 0.2) is 41.3 Å². The number of nitrogens with zero attached hydrogens (tertiary/aromatic N) is 4. The molecule has 28 heavy (non-hydrogen) atoms. The van der Waals surface area contributed by atoms with Crippen molar-refractivity contribution >= 4 is 22.9 Å². The zero-order valence-corrected chi connectivity index (χ0v) is 15.7. The third-order valence-corrected chi connectivity index (χ3v) is 5.01. The topological polar surface area (TPSA) is 90.5 Å².